The van der Waals surface area contributed by atoms with Gasteiger partial charge in [-0.15, -0.1) is 0 Å². The molecule has 0 aliphatic heterocycles. The van der Waals surface area contributed by atoms with Crippen molar-refractivity contribution in [3.05, 3.63) is 0 Å². The molecule has 0 aromatic rings. The van der Waals surface area contributed by atoms with Gasteiger partial charge in [-0.2, -0.15) is 0 Å². The summed E-state index contributed by atoms with van der Waals surface area (Å²) in [5.74, 6) is 0. The predicted octanol–water partition coefficient (Wildman–Crippen LogP) is 0.629. The molecule has 3 heteroatoms. The van der Waals surface area contributed by atoms with Crippen molar-refractivity contribution in [2.24, 2.45) is 0 Å². The second-order valence-electron chi connectivity index (χ2n) is 0. The molecule has 4 heavy (non-hydrogen) atoms. The first-order valence-corrected chi connectivity index (χ1v) is 0. The molecule has 0 heterocycles. The average Bonchev–Trinajstić information content (AvgIpc) is 0. The van der Waals surface area contributed by atoms with E-state index in [2.05, 4.69) is 0 Å². The summed E-state index contributed by atoms with van der Waals surface area (Å²) in [7, 11) is 0. The second-order valence-corrected chi connectivity index (χ2v) is 0. The maximum atomic E-state index is 0. The molecule has 0 atom stereocenters. The van der Waals surface area contributed by atoms with Gasteiger partial charge >= 0.3 is 0 Å². The Morgan fingerprint density at radius 3 is 1.00 bits per heavy atom. The van der Waals surface area contributed by atoms with E-state index in [0.29, 0.717) is 0 Å². The van der Waals surface area contributed by atoms with Gasteiger partial charge in [0.25, 0.3) is 0 Å². The zero-order valence-electron chi connectivity index (χ0n) is 1.36. The van der Waals surface area contributed by atoms with Crippen molar-refractivity contribution in [2.75, 3.05) is 0 Å². The molecule has 0 aliphatic carbocycles. The first-order valence-electron chi connectivity index (χ1n) is 0. The van der Waals surface area contributed by atoms with Crippen LogP contribution < -0.4 is 0 Å². The van der Waals surface area contributed by atoms with Gasteiger partial charge in [0.2, 0.25) is 0 Å². The molecule has 0 fully saturated rings. The molecule has 0 unspecified atom stereocenters. The first kappa shape index (κ1) is 37.7. The van der Waals surface area contributed by atoms with Gasteiger partial charge in [-0.25, -0.2) is 0 Å². The van der Waals surface area contributed by atoms with Crippen molar-refractivity contribution >= 4 is 0 Å². The van der Waals surface area contributed by atoms with E-state index in [1.165, 1.54) is 0 Å². The van der Waals surface area contributed by atoms with Crippen LogP contribution in [-0.4, -0.2) is 0 Å². The van der Waals surface area contributed by atoms with Crippen LogP contribution in [0, 0.1) is 0 Å². The maximum Gasteiger partial charge on any atom is 0 e. The Morgan fingerprint density at radius 1 is 1.00 bits per heavy atom. The van der Waals surface area contributed by atoms with Crippen molar-refractivity contribution in [3.63, 3.8) is 0 Å². The van der Waals surface area contributed by atoms with Crippen LogP contribution in [0.1, 0.15) is 7.43 Å². The fourth-order valence-corrected chi connectivity index (χ4v) is 0. The van der Waals surface area contributed by atoms with Crippen molar-refractivity contribution in [1.82, 2.24) is 0 Å². The van der Waals surface area contributed by atoms with Crippen molar-refractivity contribution in [3.8, 4) is 0 Å². The SMILES string of the molecule is C.[Cr].[Nb].[Ti]. The van der Waals surface area contributed by atoms with E-state index in [0.717, 1.165) is 0 Å². The summed E-state index contributed by atoms with van der Waals surface area (Å²) in [6.45, 7) is 0. The molecule has 0 amide bonds. The van der Waals surface area contributed by atoms with E-state index in [9.17, 15) is 0 Å². The van der Waals surface area contributed by atoms with Crippen molar-refractivity contribution in [1.29, 1.82) is 0 Å². The Morgan fingerprint density at radius 2 is 1.00 bits per heavy atom. The predicted molar refractivity (Wildman–Crippen MR) is 6.73 cm³/mol. The summed E-state index contributed by atoms with van der Waals surface area (Å²) in [5, 5.41) is 0. The Labute approximate surface area is 68.3 Å². The summed E-state index contributed by atoms with van der Waals surface area (Å²) in [5.41, 5.74) is 0. The molecule has 0 bridgehead atoms. The van der Waals surface area contributed by atoms with Gasteiger partial charge in [-0.1, -0.05) is 7.43 Å². The Kier molecular flexibility index (Phi) is 189. The molecule has 0 N–H and O–H groups in total. The third-order valence-corrected chi connectivity index (χ3v) is 0. The van der Waals surface area contributed by atoms with Crippen LogP contribution in [-0.2, 0) is 61.5 Å². The van der Waals surface area contributed by atoms with Crippen LogP contribution in [0.4, 0.5) is 0 Å². The molecule has 23 valence electrons. The van der Waals surface area contributed by atoms with Gasteiger partial charge in [-0.3, -0.25) is 0 Å². The van der Waals surface area contributed by atoms with Crippen LogP contribution in [0.2, 0.25) is 0 Å². The van der Waals surface area contributed by atoms with Crippen molar-refractivity contribution in [2.45, 2.75) is 7.43 Å². The van der Waals surface area contributed by atoms with E-state index in [-0.39, 0.29) is 68.9 Å². The normalized spacial score (nSPS) is 0. The van der Waals surface area contributed by atoms with Crippen LogP contribution in [0.25, 0.3) is 0 Å². The molecule has 0 aromatic carbocycles. The molecular weight excluding hydrogens is 205 g/mol. The third-order valence-electron chi connectivity index (χ3n) is 0. The summed E-state index contributed by atoms with van der Waals surface area (Å²) in [6, 6.07) is 0. The molecule has 0 saturated carbocycles. The minimum Gasteiger partial charge on any atom is -0.0776 e. The fraction of sp³-hybridized carbons (Fsp3) is 1.00. The summed E-state index contributed by atoms with van der Waals surface area (Å²) < 4.78 is 0. The Balaban J connectivity index is 0. The number of rotatable bonds is 0. The standard InChI is InChI=1S/CH4.Cr.Nb.Ti/h1H4;;;. The van der Waals surface area contributed by atoms with Gasteiger partial charge in [0.15, 0.2) is 0 Å². The van der Waals surface area contributed by atoms with Crippen LogP contribution in [0.15, 0.2) is 0 Å². The van der Waals surface area contributed by atoms with Gasteiger partial charge < -0.3 is 0 Å². The van der Waals surface area contributed by atoms with Gasteiger partial charge in [0, 0.05) is 61.5 Å². The van der Waals surface area contributed by atoms with E-state index < -0.39 is 0 Å². The topological polar surface area (TPSA) is 0 Å². The monoisotopic (exact) mass is 209 g/mol. The molecule has 0 nitrogen and oxygen atoms in total. The van der Waals surface area contributed by atoms with Gasteiger partial charge in [0.1, 0.15) is 0 Å². The van der Waals surface area contributed by atoms with Crippen LogP contribution in [0.5, 0.6) is 0 Å². The first-order chi connectivity index (χ1) is 0. The molecule has 0 rings (SSSR count). The Hall–Kier alpha value is 1.99. The molecule has 0 spiro atoms. The molecule has 0 aromatic heterocycles. The summed E-state index contributed by atoms with van der Waals surface area (Å²) >= 11 is 0. The van der Waals surface area contributed by atoms with Crippen molar-refractivity contribution < 1.29 is 61.5 Å². The quantitative estimate of drug-likeness (QED) is 0.513. The van der Waals surface area contributed by atoms with Crippen LogP contribution in [0.3, 0.4) is 0 Å². The zero-order chi connectivity index (χ0) is 0. The van der Waals surface area contributed by atoms with Crippen LogP contribution >= 0.6 is 0 Å². The number of hydrogen-bond donors (Lipinski definition) is 0. The molecule has 0 saturated heterocycles. The molecule has 0 aliphatic rings. The summed E-state index contributed by atoms with van der Waals surface area (Å²) in [6.07, 6.45) is 0. The smallest absolute Gasteiger partial charge is 0 e. The van der Waals surface area contributed by atoms with E-state index >= 15 is 0 Å². The van der Waals surface area contributed by atoms with E-state index in [1.807, 2.05) is 0 Å². The second kappa shape index (κ2) is 20.1. The fourth-order valence-electron chi connectivity index (χ4n) is 0. The zero-order valence-corrected chi connectivity index (χ0v) is 6.39. The largest absolute Gasteiger partial charge is 0.0776 e. The van der Waals surface area contributed by atoms with E-state index in [4.69, 9.17) is 0 Å². The molecular formula is CH4CrNbTi. The Bertz CT molecular complexity index is 8.00. The maximum absolute atomic E-state index is 0. The molecule has 1 radical (unpaired) electrons. The van der Waals surface area contributed by atoms with E-state index in [1.54, 1.807) is 0 Å². The minimum absolute atomic E-state index is 0. The summed E-state index contributed by atoms with van der Waals surface area (Å²) in [4.78, 5) is 0. The number of hydrogen-bond acceptors (Lipinski definition) is 0. The van der Waals surface area contributed by atoms with Gasteiger partial charge in [0.05, 0.1) is 0 Å². The van der Waals surface area contributed by atoms with Gasteiger partial charge in [-0.05, 0) is 0 Å². The minimum atomic E-state index is 0. The average molecular weight is 209 g/mol. The third kappa shape index (κ3) is 9.01.